The molecule has 15 heteroatoms. The molecule has 1 unspecified atom stereocenters. The van der Waals surface area contributed by atoms with Crippen LogP contribution < -0.4 is 5.32 Å². The van der Waals surface area contributed by atoms with Gasteiger partial charge in [-0.05, 0) is 55.8 Å². The van der Waals surface area contributed by atoms with E-state index >= 15 is 0 Å². The van der Waals surface area contributed by atoms with E-state index in [1.54, 1.807) is 11.6 Å². The van der Waals surface area contributed by atoms with Crippen molar-refractivity contribution in [3.8, 4) is 0 Å². The van der Waals surface area contributed by atoms with Gasteiger partial charge >= 0.3 is 5.97 Å². The van der Waals surface area contributed by atoms with Crippen molar-refractivity contribution < 1.29 is 31.2 Å². The molecule has 0 radical (unpaired) electrons. The molecule has 1 fully saturated rings. The number of hydrogen-bond acceptors (Lipinski definition) is 9. The van der Waals surface area contributed by atoms with E-state index in [0.29, 0.717) is 48.8 Å². The van der Waals surface area contributed by atoms with Gasteiger partial charge in [-0.2, -0.15) is 4.31 Å². The van der Waals surface area contributed by atoms with Crippen molar-refractivity contribution in [2.45, 2.75) is 76.7 Å². The highest BCUT2D eigenvalue weighted by molar-refractivity contribution is 7.88. The summed E-state index contributed by atoms with van der Waals surface area (Å²) in [6.45, 7) is 11.3. The first-order valence-electron chi connectivity index (χ1n) is 14.8. The number of thiazole rings is 1. The van der Waals surface area contributed by atoms with Crippen LogP contribution in [0, 0.1) is 17.6 Å². The zero-order valence-electron chi connectivity index (χ0n) is 26.6. The predicted octanol–water partition coefficient (Wildman–Crippen LogP) is 6.44. The minimum absolute atomic E-state index is 0.00159. The maximum atomic E-state index is 14.6. The van der Waals surface area contributed by atoms with Crippen LogP contribution in [0.1, 0.15) is 63.1 Å². The van der Waals surface area contributed by atoms with Crippen molar-refractivity contribution in [3.63, 3.8) is 0 Å². The Hall–Kier alpha value is -2.23. The van der Waals surface area contributed by atoms with Crippen molar-refractivity contribution in [2.75, 3.05) is 26.5 Å². The summed E-state index contributed by atoms with van der Waals surface area (Å²) in [6, 6.07) is 0.931. The van der Waals surface area contributed by atoms with Crippen molar-refractivity contribution in [3.05, 3.63) is 62.2 Å². The molecule has 45 heavy (non-hydrogen) atoms. The van der Waals surface area contributed by atoms with Gasteiger partial charge in [-0.3, -0.25) is 4.99 Å². The van der Waals surface area contributed by atoms with Crippen LogP contribution in [0.2, 0.25) is 23.2 Å². The SMILES string of the molecule is COC(=O)C1=C(C2CCC(N(CCO[Si](C)(C)C(C)(C)C)S(C)(=O)=O)CC2)NC(c2nccs2)=NC1c1ccc(F)c(F)c1Cl. The first kappa shape index (κ1) is 35.6. The lowest BCUT2D eigenvalue weighted by molar-refractivity contribution is -0.136. The number of nitrogens with one attached hydrogen (secondary N) is 1. The highest BCUT2D eigenvalue weighted by atomic mass is 35.5. The van der Waals surface area contributed by atoms with E-state index in [4.69, 9.17) is 25.8 Å². The minimum atomic E-state index is -3.52. The van der Waals surface area contributed by atoms with Crippen LogP contribution in [0.25, 0.3) is 0 Å². The number of hydrogen-bond donors (Lipinski definition) is 1. The van der Waals surface area contributed by atoms with Crippen LogP contribution in [0.5, 0.6) is 0 Å². The maximum absolute atomic E-state index is 14.6. The average Bonchev–Trinajstić information content (AvgIpc) is 3.51. The Labute approximate surface area is 274 Å². The lowest BCUT2D eigenvalue weighted by Crippen LogP contribution is -2.47. The molecule has 2 heterocycles. The lowest BCUT2D eigenvalue weighted by Gasteiger charge is -2.39. The number of benzene rings is 1. The van der Waals surface area contributed by atoms with E-state index in [-0.39, 0.29) is 34.7 Å². The summed E-state index contributed by atoms with van der Waals surface area (Å²) in [5.41, 5.74) is 0.776. The summed E-state index contributed by atoms with van der Waals surface area (Å²) in [4.78, 5) is 22.4. The first-order chi connectivity index (χ1) is 21.0. The van der Waals surface area contributed by atoms with Crippen molar-refractivity contribution >= 4 is 53.1 Å². The Morgan fingerprint density at radius 3 is 2.42 bits per heavy atom. The quantitative estimate of drug-likeness (QED) is 0.173. The summed E-state index contributed by atoms with van der Waals surface area (Å²) in [5.74, 6) is -2.89. The van der Waals surface area contributed by atoms with Gasteiger partial charge < -0.3 is 14.5 Å². The molecule has 0 bridgehead atoms. The minimum Gasteiger partial charge on any atom is -0.466 e. The molecule has 2 aliphatic rings. The van der Waals surface area contributed by atoms with Gasteiger partial charge in [0.25, 0.3) is 0 Å². The monoisotopic (exact) mass is 702 g/mol. The van der Waals surface area contributed by atoms with Gasteiger partial charge in [0.15, 0.2) is 30.8 Å². The number of esters is 1. The molecule has 1 aliphatic heterocycles. The number of halogens is 3. The molecule has 2 aromatic rings. The summed E-state index contributed by atoms with van der Waals surface area (Å²) < 4.78 is 67.5. The molecule has 248 valence electrons. The Morgan fingerprint density at radius 2 is 1.87 bits per heavy atom. The van der Waals surface area contributed by atoms with E-state index in [1.807, 2.05) is 0 Å². The number of rotatable bonds is 10. The van der Waals surface area contributed by atoms with Gasteiger partial charge in [0, 0.05) is 42.0 Å². The summed E-state index contributed by atoms with van der Waals surface area (Å²) in [6.07, 6.45) is 5.01. The zero-order chi connectivity index (χ0) is 33.3. The number of allylic oxidation sites excluding steroid dienone is 1. The third kappa shape index (κ3) is 7.84. The van der Waals surface area contributed by atoms with Gasteiger partial charge in [-0.1, -0.05) is 38.4 Å². The van der Waals surface area contributed by atoms with Gasteiger partial charge in [0.05, 0.1) is 24.0 Å². The number of sulfonamides is 1. The number of nitrogens with zero attached hydrogens (tertiary/aromatic N) is 3. The van der Waals surface area contributed by atoms with E-state index in [1.165, 1.54) is 35.1 Å². The number of carbonyl (C=O) groups is 1. The zero-order valence-corrected chi connectivity index (χ0v) is 30.0. The summed E-state index contributed by atoms with van der Waals surface area (Å²) in [7, 11) is -4.34. The van der Waals surface area contributed by atoms with Crippen molar-refractivity contribution in [2.24, 2.45) is 10.9 Å². The second-order valence-corrected chi connectivity index (χ2v) is 20.9. The fourth-order valence-corrected chi connectivity index (χ4v) is 8.56. The van der Waals surface area contributed by atoms with Gasteiger partial charge in [0.1, 0.15) is 6.04 Å². The van der Waals surface area contributed by atoms with Gasteiger partial charge in [-0.15, -0.1) is 11.3 Å². The van der Waals surface area contributed by atoms with Crippen LogP contribution in [0.15, 0.2) is 40.0 Å². The fourth-order valence-electron chi connectivity index (χ4n) is 5.53. The molecule has 1 saturated carbocycles. The molecule has 1 N–H and O–H groups in total. The number of ether oxygens (including phenoxy) is 1. The topological polar surface area (TPSA) is 110 Å². The van der Waals surface area contributed by atoms with Crippen LogP contribution in [0.4, 0.5) is 8.78 Å². The lowest BCUT2D eigenvalue weighted by atomic mass is 9.80. The van der Waals surface area contributed by atoms with Crippen LogP contribution in [-0.2, 0) is 24.0 Å². The predicted molar refractivity (Wildman–Crippen MR) is 175 cm³/mol. The standard InChI is InChI=1S/C30H41ClF2N4O5S2Si/c1-30(2,3)45(6,7)42-16-15-37(44(5,39)40)19-10-8-18(9-11-19)25-22(29(38)41-4)26(20-12-13-21(32)24(33)23(20)31)36-27(35-25)28-34-14-17-43-28/h12-14,17-19,26H,8-11,15-16H2,1-7H3,(H,35,36). The van der Waals surface area contributed by atoms with Crippen LogP contribution >= 0.6 is 22.9 Å². The smallest absolute Gasteiger partial charge is 0.338 e. The molecular formula is C30H41ClF2N4O5S2Si. The Balaban J connectivity index is 1.64. The summed E-state index contributed by atoms with van der Waals surface area (Å²) >= 11 is 7.61. The number of aliphatic imine (C=N–C) groups is 1. The highest BCUT2D eigenvalue weighted by Crippen LogP contribution is 2.42. The Kier molecular flexibility index (Phi) is 11.0. The van der Waals surface area contributed by atoms with E-state index in [9.17, 15) is 22.0 Å². The highest BCUT2D eigenvalue weighted by Gasteiger charge is 2.41. The first-order valence-corrected chi connectivity index (χ1v) is 20.8. The third-order valence-electron chi connectivity index (χ3n) is 8.99. The number of methoxy groups -OCH3 is 1. The molecule has 1 aromatic carbocycles. The Morgan fingerprint density at radius 1 is 1.20 bits per heavy atom. The molecule has 1 atom stereocenters. The van der Waals surface area contributed by atoms with Gasteiger partial charge in [-0.25, -0.2) is 27.0 Å². The largest absolute Gasteiger partial charge is 0.466 e. The van der Waals surface area contributed by atoms with Crippen molar-refractivity contribution in [1.82, 2.24) is 14.6 Å². The molecule has 1 aromatic heterocycles. The van der Waals surface area contributed by atoms with E-state index in [2.05, 4.69) is 44.2 Å². The molecular weight excluding hydrogens is 662 g/mol. The number of amidine groups is 1. The second-order valence-electron chi connectivity index (χ2n) is 12.9. The van der Waals surface area contributed by atoms with Crippen LogP contribution in [0.3, 0.4) is 0 Å². The van der Waals surface area contributed by atoms with E-state index in [0.717, 1.165) is 6.07 Å². The van der Waals surface area contributed by atoms with Crippen LogP contribution in [-0.4, -0.2) is 70.4 Å². The normalized spacial score (nSPS) is 21.5. The molecule has 4 rings (SSSR count). The van der Waals surface area contributed by atoms with E-state index < -0.39 is 47.0 Å². The number of aromatic nitrogens is 1. The number of carbonyl (C=O) groups excluding carboxylic acids is 1. The summed E-state index contributed by atoms with van der Waals surface area (Å²) in [5, 5.41) is 5.14. The average molecular weight is 703 g/mol. The molecule has 0 saturated heterocycles. The van der Waals surface area contributed by atoms with Gasteiger partial charge in [0.2, 0.25) is 10.0 Å². The molecule has 0 spiro atoms. The Bertz CT molecular complexity index is 1570. The molecule has 0 amide bonds. The molecule has 9 nitrogen and oxygen atoms in total. The fraction of sp³-hybridized carbons (Fsp3) is 0.567. The van der Waals surface area contributed by atoms with Crippen molar-refractivity contribution in [1.29, 1.82) is 0 Å². The molecule has 1 aliphatic carbocycles. The maximum Gasteiger partial charge on any atom is 0.338 e. The second kappa shape index (κ2) is 13.9. The third-order valence-corrected chi connectivity index (χ3v) is 16.0.